The summed E-state index contributed by atoms with van der Waals surface area (Å²) in [6, 6.07) is 6.27. The van der Waals surface area contributed by atoms with Gasteiger partial charge in [0.1, 0.15) is 12.0 Å². The first-order chi connectivity index (χ1) is 11.5. The van der Waals surface area contributed by atoms with Gasteiger partial charge >= 0.3 is 0 Å². The molecule has 0 saturated heterocycles. The molecule has 0 aliphatic heterocycles. The maximum Gasteiger partial charge on any atom is 0.258 e. The Morgan fingerprint density at radius 1 is 1.24 bits per heavy atom. The Morgan fingerprint density at radius 3 is 2.48 bits per heavy atom. The van der Waals surface area contributed by atoms with E-state index in [-0.39, 0.29) is 11.4 Å². The smallest absolute Gasteiger partial charge is 0.258 e. The summed E-state index contributed by atoms with van der Waals surface area (Å²) in [5.74, 6) is 0.0890. The average Bonchev–Trinajstić information content (AvgIpc) is 2.95. The second-order valence-corrected chi connectivity index (χ2v) is 8.45. The number of sulfonamides is 1. The lowest BCUT2D eigenvalue weighted by Crippen LogP contribution is -2.40. The Hall–Kier alpha value is -2.16. The molecule has 8 heteroatoms. The fraction of sp³-hybridized carbons (Fsp3) is 0.353. The number of furan rings is 1. The van der Waals surface area contributed by atoms with E-state index in [1.165, 1.54) is 12.3 Å². The van der Waals surface area contributed by atoms with Crippen molar-refractivity contribution in [1.29, 1.82) is 0 Å². The topological polar surface area (TPSA) is 114 Å². The van der Waals surface area contributed by atoms with E-state index < -0.39 is 21.5 Å². The number of nitrogens with one attached hydrogen (secondary N) is 2. The molecule has 0 radical (unpaired) electrons. The number of carbonyl (C=O) groups excluding carboxylic acids is 1. The van der Waals surface area contributed by atoms with E-state index in [1.807, 2.05) is 0 Å². The third-order valence-electron chi connectivity index (χ3n) is 3.29. The van der Waals surface area contributed by atoms with Crippen LogP contribution in [-0.4, -0.2) is 19.9 Å². The third kappa shape index (κ3) is 4.91. The summed E-state index contributed by atoms with van der Waals surface area (Å²) >= 11 is 0. The van der Waals surface area contributed by atoms with Gasteiger partial charge in [0, 0.05) is 11.2 Å². The van der Waals surface area contributed by atoms with Crippen LogP contribution in [0.25, 0.3) is 0 Å². The van der Waals surface area contributed by atoms with Crippen molar-refractivity contribution in [3.8, 4) is 0 Å². The van der Waals surface area contributed by atoms with Crippen molar-refractivity contribution in [1.82, 2.24) is 4.72 Å². The highest BCUT2D eigenvalue weighted by Crippen LogP contribution is 2.22. The minimum absolute atomic E-state index is 0.120. The molecule has 136 valence electrons. The van der Waals surface area contributed by atoms with Crippen molar-refractivity contribution in [3.63, 3.8) is 0 Å². The second-order valence-electron chi connectivity index (χ2n) is 6.80. The Morgan fingerprint density at radius 2 is 1.92 bits per heavy atom. The molecule has 2 aromatic rings. The van der Waals surface area contributed by atoms with Crippen molar-refractivity contribution in [3.05, 3.63) is 47.4 Å². The number of anilines is 1. The standard InChI is InChI=1S/C17H23N3O4S/c1-11-5-6-13(8-15(11)25(22,23)20-17(2,3)4)19-16(21)12-7-14(9-18)24-10-12/h5-8,10,20H,9,18H2,1-4H3,(H,19,21). The molecule has 1 aromatic heterocycles. The minimum Gasteiger partial charge on any atom is -0.467 e. The Labute approximate surface area is 147 Å². The van der Waals surface area contributed by atoms with Crippen molar-refractivity contribution in [2.45, 2.75) is 44.7 Å². The van der Waals surface area contributed by atoms with Gasteiger partial charge in [-0.1, -0.05) is 6.07 Å². The van der Waals surface area contributed by atoms with E-state index in [0.717, 1.165) is 0 Å². The van der Waals surface area contributed by atoms with E-state index in [2.05, 4.69) is 10.0 Å². The summed E-state index contributed by atoms with van der Waals surface area (Å²) in [6.07, 6.45) is 1.31. The molecule has 0 saturated carbocycles. The molecule has 0 fully saturated rings. The van der Waals surface area contributed by atoms with Gasteiger partial charge in [0.05, 0.1) is 17.0 Å². The van der Waals surface area contributed by atoms with Crippen LogP contribution < -0.4 is 15.8 Å². The summed E-state index contributed by atoms with van der Waals surface area (Å²) in [6.45, 7) is 7.18. The molecule has 0 aliphatic carbocycles. The van der Waals surface area contributed by atoms with E-state index in [4.69, 9.17) is 10.2 Å². The maximum absolute atomic E-state index is 12.6. The minimum atomic E-state index is -3.71. The lowest BCUT2D eigenvalue weighted by molar-refractivity contribution is 0.102. The number of rotatable bonds is 5. The Bertz CT molecular complexity index is 880. The number of benzene rings is 1. The highest BCUT2D eigenvalue weighted by atomic mass is 32.2. The van der Waals surface area contributed by atoms with Crippen LogP contribution in [0.15, 0.2) is 39.8 Å². The van der Waals surface area contributed by atoms with Crippen molar-refractivity contribution in [2.75, 3.05) is 5.32 Å². The molecule has 0 unspecified atom stereocenters. The maximum atomic E-state index is 12.6. The lowest BCUT2D eigenvalue weighted by Gasteiger charge is -2.21. The SMILES string of the molecule is Cc1ccc(NC(=O)c2coc(CN)c2)cc1S(=O)(=O)NC(C)(C)C. The average molecular weight is 365 g/mol. The Kier molecular flexibility index (Phi) is 5.36. The summed E-state index contributed by atoms with van der Waals surface area (Å²) in [4.78, 5) is 12.4. The van der Waals surface area contributed by atoms with E-state index >= 15 is 0 Å². The molecule has 1 heterocycles. The molecule has 0 spiro atoms. The van der Waals surface area contributed by atoms with Crippen LogP contribution in [0.1, 0.15) is 42.5 Å². The van der Waals surface area contributed by atoms with E-state index in [1.54, 1.807) is 45.9 Å². The fourth-order valence-corrected chi connectivity index (χ4v) is 3.93. The highest BCUT2D eigenvalue weighted by Gasteiger charge is 2.24. The molecule has 4 N–H and O–H groups in total. The molecule has 0 aliphatic rings. The predicted octanol–water partition coefficient (Wildman–Crippen LogP) is 2.38. The molecule has 25 heavy (non-hydrogen) atoms. The molecular formula is C17H23N3O4S. The normalized spacial score (nSPS) is 12.2. The molecule has 1 aromatic carbocycles. The van der Waals surface area contributed by atoms with E-state index in [9.17, 15) is 13.2 Å². The van der Waals surface area contributed by atoms with Gasteiger partial charge in [0.25, 0.3) is 5.91 Å². The van der Waals surface area contributed by atoms with Crippen LogP contribution in [0.4, 0.5) is 5.69 Å². The molecule has 2 rings (SSSR count). The van der Waals surface area contributed by atoms with Crippen LogP contribution in [-0.2, 0) is 16.6 Å². The molecule has 0 bridgehead atoms. The summed E-state index contributed by atoms with van der Waals surface area (Å²) in [5.41, 5.74) is 6.12. The van der Waals surface area contributed by atoms with Gasteiger partial charge in [-0.25, -0.2) is 13.1 Å². The third-order valence-corrected chi connectivity index (χ3v) is 5.19. The van der Waals surface area contributed by atoms with E-state index in [0.29, 0.717) is 22.6 Å². The molecule has 0 atom stereocenters. The first-order valence-corrected chi connectivity index (χ1v) is 9.23. The number of hydrogen-bond acceptors (Lipinski definition) is 5. The Balaban J connectivity index is 2.28. The fourth-order valence-electron chi connectivity index (χ4n) is 2.24. The summed E-state index contributed by atoms with van der Waals surface area (Å²) in [7, 11) is -3.71. The predicted molar refractivity (Wildman–Crippen MR) is 95.8 cm³/mol. The van der Waals surface area contributed by atoms with Gasteiger partial charge in [0.2, 0.25) is 10.0 Å². The number of aryl methyl sites for hydroxylation is 1. The second kappa shape index (κ2) is 6.99. The van der Waals surface area contributed by atoms with Crippen LogP contribution in [0.2, 0.25) is 0 Å². The van der Waals surface area contributed by atoms with Crippen LogP contribution in [0, 0.1) is 6.92 Å². The van der Waals surface area contributed by atoms with Crippen LogP contribution >= 0.6 is 0 Å². The first-order valence-electron chi connectivity index (χ1n) is 7.75. The molecular weight excluding hydrogens is 342 g/mol. The van der Waals surface area contributed by atoms with Gasteiger partial charge in [-0.3, -0.25) is 4.79 Å². The van der Waals surface area contributed by atoms with Crippen LogP contribution in [0.5, 0.6) is 0 Å². The largest absolute Gasteiger partial charge is 0.467 e. The first kappa shape index (κ1) is 19.2. The zero-order chi connectivity index (χ0) is 18.8. The number of amides is 1. The summed E-state index contributed by atoms with van der Waals surface area (Å²) < 4.78 is 32.9. The van der Waals surface area contributed by atoms with Crippen molar-refractivity contribution < 1.29 is 17.6 Å². The van der Waals surface area contributed by atoms with Crippen LogP contribution in [0.3, 0.4) is 0 Å². The summed E-state index contributed by atoms with van der Waals surface area (Å²) in [5, 5.41) is 2.67. The number of nitrogens with two attached hydrogens (primary N) is 1. The quantitative estimate of drug-likeness (QED) is 0.752. The van der Waals surface area contributed by atoms with Gasteiger partial charge in [-0.05, 0) is 51.5 Å². The monoisotopic (exact) mass is 365 g/mol. The van der Waals surface area contributed by atoms with Crippen molar-refractivity contribution >= 4 is 21.6 Å². The van der Waals surface area contributed by atoms with Gasteiger partial charge in [-0.15, -0.1) is 0 Å². The van der Waals surface area contributed by atoms with Gasteiger partial charge in [-0.2, -0.15) is 0 Å². The zero-order valence-corrected chi connectivity index (χ0v) is 15.5. The highest BCUT2D eigenvalue weighted by molar-refractivity contribution is 7.89. The van der Waals surface area contributed by atoms with Gasteiger partial charge in [0.15, 0.2) is 0 Å². The number of hydrogen-bond donors (Lipinski definition) is 3. The number of carbonyl (C=O) groups is 1. The molecule has 7 nitrogen and oxygen atoms in total. The lowest BCUT2D eigenvalue weighted by atomic mass is 10.1. The van der Waals surface area contributed by atoms with Gasteiger partial charge < -0.3 is 15.5 Å². The molecule has 1 amide bonds. The zero-order valence-electron chi connectivity index (χ0n) is 14.7. The van der Waals surface area contributed by atoms with Crippen molar-refractivity contribution in [2.24, 2.45) is 5.73 Å².